The van der Waals surface area contributed by atoms with Crippen LogP contribution in [0.3, 0.4) is 0 Å². The Morgan fingerprint density at radius 1 is 1.33 bits per heavy atom. The van der Waals surface area contributed by atoms with Gasteiger partial charge in [-0.25, -0.2) is 0 Å². The summed E-state index contributed by atoms with van der Waals surface area (Å²) in [4.78, 5) is 10.8. The van der Waals surface area contributed by atoms with Crippen molar-refractivity contribution >= 4 is 29.8 Å². The normalized spacial score (nSPS) is 10.7. The van der Waals surface area contributed by atoms with Crippen molar-refractivity contribution in [3.8, 4) is 0 Å². The van der Waals surface area contributed by atoms with Crippen molar-refractivity contribution in [1.82, 2.24) is 0 Å². The first kappa shape index (κ1) is 15.7. The molecule has 0 fully saturated rings. The molecule has 15 heavy (non-hydrogen) atoms. The van der Waals surface area contributed by atoms with Gasteiger partial charge in [0.25, 0.3) is 0 Å². The van der Waals surface area contributed by atoms with Crippen molar-refractivity contribution in [2.24, 2.45) is 0 Å². The van der Waals surface area contributed by atoms with Crippen molar-refractivity contribution in [2.75, 3.05) is 0 Å². The largest absolute Gasteiger partial charge is 1.00 e. The molecule has 0 aliphatic heterocycles. The number of Topliss-reactive ketones (excluding diaryl/α,β-unsaturated/α-hetero) is 1. The topological polar surface area (TPSA) is 17.1 Å². The zero-order valence-electron chi connectivity index (χ0n) is 8.23. The first-order valence-corrected chi connectivity index (χ1v) is 4.20. The molecule has 0 aliphatic rings. The SMILES string of the molecule is CC(=O)c1ccc([B-](F)(F)F)c(Cl)c1.[K+]. The molecule has 0 heterocycles. The summed E-state index contributed by atoms with van der Waals surface area (Å²) >= 11 is 5.40. The number of hydrogen-bond acceptors (Lipinski definition) is 1. The molecule has 1 aromatic rings. The minimum absolute atomic E-state index is 0. The van der Waals surface area contributed by atoms with Crippen LogP contribution in [0.4, 0.5) is 12.9 Å². The van der Waals surface area contributed by atoms with E-state index in [2.05, 4.69) is 0 Å². The molecule has 0 unspecified atom stereocenters. The van der Waals surface area contributed by atoms with Gasteiger partial charge in [0.2, 0.25) is 0 Å². The van der Waals surface area contributed by atoms with E-state index in [0.29, 0.717) is 0 Å². The van der Waals surface area contributed by atoms with Gasteiger partial charge < -0.3 is 12.9 Å². The van der Waals surface area contributed by atoms with Crippen molar-refractivity contribution in [1.29, 1.82) is 0 Å². The van der Waals surface area contributed by atoms with Crippen LogP contribution in [0, 0.1) is 0 Å². The van der Waals surface area contributed by atoms with E-state index in [1.54, 1.807) is 0 Å². The van der Waals surface area contributed by atoms with Crippen LogP contribution in [0.2, 0.25) is 5.02 Å². The molecule has 0 amide bonds. The van der Waals surface area contributed by atoms with E-state index in [1.165, 1.54) is 6.92 Å². The predicted octanol–water partition coefficient (Wildman–Crippen LogP) is -0.399. The Hall–Kier alpha value is 0.671. The average molecular weight is 260 g/mol. The number of benzene rings is 1. The second-order valence-corrected chi connectivity index (χ2v) is 3.27. The van der Waals surface area contributed by atoms with Gasteiger partial charge in [-0.15, -0.1) is 0 Å². The number of ketones is 1. The fourth-order valence-electron chi connectivity index (χ4n) is 1.01. The Morgan fingerprint density at radius 3 is 2.20 bits per heavy atom. The summed E-state index contributed by atoms with van der Waals surface area (Å²) in [7, 11) is 0. The fraction of sp³-hybridized carbons (Fsp3) is 0.125. The van der Waals surface area contributed by atoms with Crippen LogP contribution >= 0.6 is 11.6 Å². The number of hydrogen-bond donors (Lipinski definition) is 0. The minimum Gasteiger partial charge on any atom is -0.445 e. The molecule has 0 radical (unpaired) electrons. The third-order valence-electron chi connectivity index (χ3n) is 1.76. The molecule has 0 saturated heterocycles. The van der Waals surface area contributed by atoms with Crippen LogP contribution in [0.5, 0.6) is 0 Å². The Bertz CT molecular complexity index is 381. The van der Waals surface area contributed by atoms with Gasteiger partial charge in [-0.05, 0) is 13.0 Å². The molecular weight excluding hydrogens is 254 g/mol. The van der Waals surface area contributed by atoms with E-state index in [-0.39, 0.29) is 62.7 Å². The van der Waals surface area contributed by atoms with Gasteiger partial charge >= 0.3 is 58.4 Å². The molecule has 0 bridgehead atoms. The molecule has 0 spiro atoms. The zero-order valence-corrected chi connectivity index (χ0v) is 12.1. The number of rotatable bonds is 2. The van der Waals surface area contributed by atoms with E-state index in [4.69, 9.17) is 11.6 Å². The standard InChI is InChI=1S/C8H6BClF3O.K/c1-5(14)6-2-3-7(8(10)4-6)9(11,12)13;/h2-4H,1H3;/q-1;+1. The van der Waals surface area contributed by atoms with E-state index in [9.17, 15) is 17.7 Å². The maximum atomic E-state index is 12.3. The van der Waals surface area contributed by atoms with E-state index in [1.807, 2.05) is 0 Å². The summed E-state index contributed by atoms with van der Waals surface area (Å²) in [6.45, 7) is -3.84. The van der Waals surface area contributed by atoms with E-state index in [0.717, 1.165) is 18.2 Å². The van der Waals surface area contributed by atoms with Crippen LogP contribution in [-0.2, 0) is 0 Å². The third kappa shape index (κ3) is 4.20. The first-order valence-electron chi connectivity index (χ1n) is 3.82. The van der Waals surface area contributed by atoms with Crippen LogP contribution in [0.15, 0.2) is 18.2 Å². The Balaban J connectivity index is 0.00000196. The summed E-state index contributed by atoms with van der Waals surface area (Å²) in [5.74, 6) is -0.312. The van der Waals surface area contributed by atoms with Gasteiger partial charge in [-0.3, -0.25) is 4.79 Å². The minimum atomic E-state index is -5.11. The van der Waals surface area contributed by atoms with Gasteiger partial charge in [0, 0.05) is 10.6 Å². The summed E-state index contributed by atoms with van der Waals surface area (Å²) in [5, 5.41) is -0.426. The summed E-state index contributed by atoms with van der Waals surface area (Å²) in [6.07, 6.45) is 0. The molecule has 76 valence electrons. The van der Waals surface area contributed by atoms with Crippen LogP contribution in [0.25, 0.3) is 0 Å². The molecule has 0 N–H and O–H groups in total. The van der Waals surface area contributed by atoms with Gasteiger partial charge in [-0.2, -0.15) is 0 Å². The maximum Gasteiger partial charge on any atom is 1.00 e. The van der Waals surface area contributed by atoms with Crippen LogP contribution in [-0.4, -0.2) is 12.8 Å². The number of halogens is 4. The predicted molar refractivity (Wildman–Crippen MR) is 50.2 cm³/mol. The Morgan fingerprint density at radius 2 is 1.87 bits per heavy atom. The molecule has 0 atom stereocenters. The van der Waals surface area contributed by atoms with Crippen LogP contribution in [0.1, 0.15) is 17.3 Å². The third-order valence-corrected chi connectivity index (χ3v) is 2.09. The number of carbonyl (C=O) groups excluding carboxylic acids is 1. The Labute approximate surface area is 133 Å². The molecule has 7 heteroatoms. The van der Waals surface area contributed by atoms with Crippen molar-refractivity contribution < 1.29 is 69.1 Å². The molecule has 1 aromatic carbocycles. The van der Waals surface area contributed by atoms with E-state index >= 15 is 0 Å². The second kappa shape index (κ2) is 5.84. The molecule has 1 rings (SSSR count). The van der Waals surface area contributed by atoms with Gasteiger partial charge in [0.15, 0.2) is 5.78 Å². The van der Waals surface area contributed by atoms with Crippen molar-refractivity contribution in [2.45, 2.75) is 6.92 Å². The van der Waals surface area contributed by atoms with Crippen molar-refractivity contribution in [3.05, 3.63) is 28.8 Å². The van der Waals surface area contributed by atoms with Gasteiger partial charge in [0.05, 0.1) is 0 Å². The molecule has 1 nitrogen and oxygen atoms in total. The molecule has 0 saturated carbocycles. The number of carbonyl (C=O) groups is 1. The van der Waals surface area contributed by atoms with Crippen LogP contribution < -0.4 is 56.8 Å². The monoisotopic (exact) mass is 260 g/mol. The summed E-state index contributed by atoms with van der Waals surface area (Å²) in [6, 6.07) is 2.99. The van der Waals surface area contributed by atoms with Gasteiger partial charge in [0.1, 0.15) is 0 Å². The van der Waals surface area contributed by atoms with E-state index < -0.39 is 17.5 Å². The smallest absolute Gasteiger partial charge is 0.445 e. The summed E-state index contributed by atoms with van der Waals surface area (Å²) in [5.41, 5.74) is -0.685. The average Bonchev–Trinajstić information content (AvgIpc) is 2.01. The Kier molecular flexibility index (Phi) is 6.10. The maximum absolute atomic E-state index is 12.3. The molecule has 0 aliphatic carbocycles. The quantitative estimate of drug-likeness (QED) is 0.522. The second-order valence-electron chi connectivity index (χ2n) is 2.87. The summed E-state index contributed by atoms with van der Waals surface area (Å²) < 4.78 is 36.8. The first-order chi connectivity index (χ1) is 6.32. The fourth-order valence-corrected chi connectivity index (χ4v) is 1.32. The van der Waals surface area contributed by atoms with Crippen molar-refractivity contribution in [3.63, 3.8) is 0 Å². The molecule has 0 aromatic heterocycles. The van der Waals surface area contributed by atoms with Gasteiger partial charge in [-0.1, -0.05) is 29.2 Å². The zero-order chi connectivity index (χ0) is 10.9. The molecular formula is C8H6BClF3KO.